The number of hydrogen-bond donors (Lipinski definition) is 4. The molecule has 18 heteroatoms. The molecule has 2 aliphatic carbocycles. The van der Waals surface area contributed by atoms with Gasteiger partial charge in [-0.2, -0.15) is 0 Å². The molecule has 4 N–H and O–H groups in total. The van der Waals surface area contributed by atoms with Crippen molar-refractivity contribution >= 4 is 111 Å². The number of nitrogens with zero attached hydrogens (tertiary/aromatic N) is 3. The molecular formula is C47H69B2Br3N6O6Si. The summed E-state index contributed by atoms with van der Waals surface area (Å²) in [6.45, 7) is 29.9. The van der Waals surface area contributed by atoms with Gasteiger partial charge in [0.1, 0.15) is 28.2 Å². The van der Waals surface area contributed by atoms with E-state index >= 15 is 0 Å². The van der Waals surface area contributed by atoms with Crippen molar-refractivity contribution in [2.75, 3.05) is 0 Å². The molecule has 354 valence electrons. The minimum atomic E-state index is -1.90. The van der Waals surface area contributed by atoms with Crippen LogP contribution in [-0.2, 0) is 9.47 Å². The van der Waals surface area contributed by atoms with Crippen molar-refractivity contribution in [3.05, 3.63) is 65.7 Å². The number of fused-ring (bicyclic) bond motifs is 4. The van der Waals surface area contributed by atoms with E-state index in [1.165, 1.54) is 22.1 Å². The average Bonchev–Trinajstić information content (AvgIpc) is 3.79. The Balaban J connectivity index is 0.000000233. The first-order valence-electron chi connectivity index (χ1n) is 22.8. The number of carbonyl (C=O) groups excluding carboxylic acids is 2. The minimum absolute atomic E-state index is 0.0720. The molecule has 3 aliphatic rings. The molecular weight excluding hydrogens is 1030 g/mol. The Kier molecular flexibility index (Phi) is 17.5. The zero-order valence-corrected chi connectivity index (χ0v) is 46.4. The Morgan fingerprint density at radius 2 is 1.45 bits per heavy atom. The maximum Gasteiger partial charge on any atom is 0.552 e. The van der Waals surface area contributed by atoms with Gasteiger partial charge in [-0.25, -0.2) is 19.6 Å². The van der Waals surface area contributed by atoms with Gasteiger partial charge in [0.25, 0.3) is 0 Å². The lowest BCUT2D eigenvalue weighted by molar-refractivity contribution is 0.0455. The molecule has 0 aromatic carbocycles. The van der Waals surface area contributed by atoms with Crippen LogP contribution in [-0.4, -0.2) is 78.2 Å². The highest BCUT2D eigenvalue weighted by atomic mass is 79.9. The zero-order chi connectivity index (χ0) is 48.3. The van der Waals surface area contributed by atoms with Crippen molar-refractivity contribution < 1.29 is 28.7 Å². The molecule has 0 saturated heterocycles. The third-order valence-corrected chi connectivity index (χ3v) is 19.4. The lowest BCUT2D eigenvalue weighted by atomic mass is 9.68. The Hall–Kier alpha value is -3.05. The standard InChI is InChI=1S/C29H47N3O2Si.C18H22BN3O4.BBr3/c1-12-24(22-15-23(16-22)31-28(33)34-29(9,10)11)26-21(8)17-30-27-25(26)13-14-32(27)35(18(2)3,19(4)5)20(6)7;1-18(2,3)25-17(23)22-11-6-10(7-11)13-8-19(24)26-14-9-21-16-12(15(13)14)4-5-20-16;2-1(3)4/h12-14,17-20,22-23H,15-16H2,1-11H3,(H,31,33);4-5,8-11,24H,6-7H2,1-3H3,(H,20,21)(H,22,23);/b24-12-;;. The lowest BCUT2D eigenvalue weighted by Crippen LogP contribution is -2.51. The van der Waals surface area contributed by atoms with Gasteiger partial charge in [-0.1, -0.05) is 47.6 Å². The number of ether oxygens (including phenoxy) is 2. The molecule has 12 nitrogen and oxygen atoms in total. The normalized spacial score (nSPS) is 19.8. The van der Waals surface area contributed by atoms with Gasteiger partial charge in [0.2, 0.25) is 0 Å². The largest absolute Gasteiger partial charge is 0.552 e. The number of H-pyrrole nitrogens is 1. The molecule has 0 bridgehead atoms. The predicted molar refractivity (Wildman–Crippen MR) is 282 cm³/mol. The van der Waals surface area contributed by atoms with Gasteiger partial charge in [0, 0.05) is 40.8 Å². The summed E-state index contributed by atoms with van der Waals surface area (Å²) in [5.74, 6) is 3.01. The summed E-state index contributed by atoms with van der Waals surface area (Å²) in [4.78, 5) is 36.6. The number of hydrogen-bond acceptors (Lipinski definition) is 8. The van der Waals surface area contributed by atoms with Gasteiger partial charge < -0.3 is 39.0 Å². The molecule has 0 spiro atoms. The van der Waals surface area contributed by atoms with Crippen LogP contribution in [0.1, 0.15) is 132 Å². The first kappa shape index (κ1) is 52.9. The summed E-state index contributed by atoms with van der Waals surface area (Å²) in [6.07, 6.45) is 12.9. The van der Waals surface area contributed by atoms with E-state index in [1.54, 1.807) is 12.2 Å². The number of allylic oxidation sites excluding steroid dienone is 3. The Bertz CT molecular complexity index is 2340. The minimum Gasteiger partial charge on any atom is -0.531 e. The molecule has 0 atom stereocenters. The highest BCUT2D eigenvalue weighted by Gasteiger charge is 2.46. The molecule has 65 heavy (non-hydrogen) atoms. The first-order chi connectivity index (χ1) is 30.3. The highest BCUT2D eigenvalue weighted by molar-refractivity contribution is 9.69. The second-order valence-electron chi connectivity index (χ2n) is 20.5. The van der Waals surface area contributed by atoms with Gasteiger partial charge >= 0.3 is 22.5 Å². The van der Waals surface area contributed by atoms with Crippen molar-refractivity contribution in [1.82, 2.24) is 29.8 Å². The monoisotopic (exact) mass is 1100 g/mol. The smallest absolute Gasteiger partial charge is 0.531 e. The van der Waals surface area contributed by atoms with Crippen LogP contribution in [0.15, 0.2) is 49.0 Å². The number of pyridine rings is 2. The molecule has 2 saturated carbocycles. The van der Waals surface area contributed by atoms with Crippen molar-refractivity contribution in [2.45, 2.75) is 163 Å². The quantitative estimate of drug-likeness (QED) is 0.121. The highest BCUT2D eigenvalue weighted by Crippen LogP contribution is 2.48. The van der Waals surface area contributed by atoms with E-state index in [0.717, 1.165) is 53.5 Å². The van der Waals surface area contributed by atoms with Crippen molar-refractivity contribution in [3.63, 3.8) is 0 Å². The topological polar surface area (TPSA) is 153 Å². The fraction of sp³-hybridized carbons (Fsp3) is 0.574. The van der Waals surface area contributed by atoms with Crippen LogP contribution in [0.2, 0.25) is 16.6 Å². The van der Waals surface area contributed by atoms with Crippen LogP contribution in [0, 0.1) is 18.8 Å². The Morgan fingerprint density at radius 3 is 1.95 bits per heavy atom. The van der Waals surface area contributed by atoms with Gasteiger partial charge in [-0.05, 0) is 156 Å². The van der Waals surface area contributed by atoms with Gasteiger partial charge in [-0.15, -0.1) is 47.3 Å². The van der Waals surface area contributed by atoms with Crippen LogP contribution in [0.3, 0.4) is 0 Å². The van der Waals surface area contributed by atoms with Crippen LogP contribution in [0.4, 0.5) is 9.59 Å². The summed E-state index contributed by atoms with van der Waals surface area (Å²) in [6, 6.07) is 4.50. The van der Waals surface area contributed by atoms with Crippen LogP contribution in [0.25, 0.3) is 33.2 Å². The van der Waals surface area contributed by atoms with Crippen LogP contribution >= 0.6 is 47.3 Å². The fourth-order valence-electron chi connectivity index (χ4n) is 10.3. The lowest BCUT2D eigenvalue weighted by Gasteiger charge is -2.44. The van der Waals surface area contributed by atoms with Gasteiger partial charge in [-0.3, -0.25) is 0 Å². The van der Waals surface area contributed by atoms with E-state index in [4.69, 9.17) is 19.1 Å². The maximum absolute atomic E-state index is 12.2. The number of aryl methyl sites for hydroxylation is 1. The second-order valence-corrected chi connectivity index (χ2v) is 32.6. The number of halogens is 3. The third-order valence-electron chi connectivity index (χ3n) is 12.7. The van der Waals surface area contributed by atoms with E-state index in [2.05, 4.69) is 152 Å². The van der Waals surface area contributed by atoms with Gasteiger partial charge in [0.05, 0.1) is 6.20 Å². The average molecular weight is 1100 g/mol. The molecule has 4 aromatic rings. The molecule has 7 rings (SSSR count). The number of aromatic amines is 1. The number of alkyl carbamates (subject to hydrolysis) is 2. The number of aromatic nitrogens is 4. The molecule has 1 aliphatic heterocycles. The summed E-state index contributed by atoms with van der Waals surface area (Å²) in [5.41, 5.74) is 8.71. The van der Waals surface area contributed by atoms with E-state index < -0.39 is 26.6 Å². The molecule has 5 heterocycles. The fourth-order valence-corrected chi connectivity index (χ4v) is 16.9. The van der Waals surface area contributed by atoms with Crippen LogP contribution < -0.4 is 15.3 Å². The van der Waals surface area contributed by atoms with Crippen molar-refractivity contribution in [2.24, 2.45) is 11.8 Å². The SMILES string of the molecule is BrB(Br)Br.C/C=C(\c1c(C)cnc2c1ccn2[Si](C(C)C)(C(C)C)C(C)C)C1CC(NC(=O)OC(C)(C)C)C1.CC(C)(C)OC(=O)NC1CC(C2=CB(O)Oc3cnc4[nH]ccc4c32)C1. The number of amides is 2. The third kappa shape index (κ3) is 12.5. The first-order valence-corrected chi connectivity index (χ1v) is 27.8. The van der Waals surface area contributed by atoms with E-state index in [-0.39, 0.29) is 33.4 Å². The number of rotatable bonds is 9. The zero-order valence-electron chi connectivity index (χ0n) is 40.6. The molecule has 0 unspecified atom stereocenters. The number of nitrogens with one attached hydrogen (secondary N) is 3. The summed E-state index contributed by atoms with van der Waals surface area (Å²) in [5, 5.41) is 18.2. The van der Waals surface area contributed by atoms with E-state index in [9.17, 15) is 14.6 Å². The summed E-state index contributed by atoms with van der Waals surface area (Å²) in [7, 11) is -2.88. The molecule has 2 fully saturated rings. The van der Waals surface area contributed by atoms with Crippen LogP contribution in [0.5, 0.6) is 5.75 Å². The van der Waals surface area contributed by atoms with Gasteiger partial charge in [0.15, 0.2) is 8.24 Å². The second kappa shape index (κ2) is 21.5. The maximum atomic E-state index is 12.2. The predicted octanol–water partition coefficient (Wildman–Crippen LogP) is 12.9. The molecule has 4 aromatic heterocycles. The molecule has 0 radical (unpaired) electrons. The van der Waals surface area contributed by atoms with E-state index in [1.807, 2.05) is 53.8 Å². The Morgan fingerprint density at radius 1 is 0.908 bits per heavy atom. The Labute approximate surface area is 412 Å². The van der Waals surface area contributed by atoms with Crippen molar-refractivity contribution in [1.29, 1.82) is 0 Å². The number of carbonyl (C=O) groups is 2. The van der Waals surface area contributed by atoms with E-state index in [0.29, 0.717) is 28.3 Å². The van der Waals surface area contributed by atoms with Crippen molar-refractivity contribution in [3.8, 4) is 5.75 Å². The summed E-state index contributed by atoms with van der Waals surface area (Å²) < 4.78 is 19.1. The summed E-state index contributed by atoms with van der Waals surface area (Å²) >= 11 is 9.31. The molecule has 2 amide bonds.